The Morgan fingerprint density at radius 3 is 2.78 bits per heavy atom. The number of carbonyl (C=O) groups is 2. The summed E-state index contributed by atoms with van der Waals surface area (Å²) < 4.78 is 0. The molecule has 2 aliphatic rings. The maximum absolute atomic E-state index is 12.4. The minimum absolute atomic E-state index is 0.0950. The molecule has 2 aromatic heterocycles. The van der Waals surface area contributed by atoms with Gasteiger partial charge in [0.05, 0.1) is 0 Å². The van der Waals surface area contributed by atoms with Gasteiger partial charge < -0.3 is 9.80 Å². The Labute approximate surface area is 163 Å². The zero-order chi connectivity index (χ0) is 18.9. The Morgan fingerprint density at radius 2 is 2.15 bits per heavy atom. The lowest BCUT2D eigenvalue weighted by molar-refractivity contribution is -0.130. The van der Waals surface area contributed by atoms with E-state index in [1.807, 2.05) is 21.9 Å². The molecule has 0 aromatic carbocycles. The van der Waals surface area contributed by atoms with Crippen LogP contribution in [0.1, 0.15) is 31.7 Å². The Hall–Kier alpha value is -2.41. The number of likely N-dealkylation sites (tertiary alicyclic amines) is 1. The molecule has 1 atom stereocenters. The van der Waals surface area contributed by atoms with Crippen LogP contribution in [-0.4, -0.2) is 45.9 Å². The number of carbonyl (C=O) groups excluding carboxylic acids is 2. The predicted octanol–water partition coefficient (Wildman–Crippen LogP) is 3.58. The Morgan fingerprint density at radius 1 is 1.33 bits per heavy atom. The third-order valence-corrected chi connectivity index (χ3v) is 6.54. The van der Waals surface area contributed by atoms with Crippen LogP contribution >= 0.6 is 11.3 Å². The maximum Gasteiger partial charge on any atom is 0.323 e. The van der Waals surface area contributed by atoms with Crippen LogP contribution in [0.3, 0.4) is 0 Å². The number of urea groups is 1. The molecule has 1 aliphatic carbocycles. The van der Waals surface area contributed by atoms with Crippen molar-refractivity contribution in [1.82, 2.24) is 14.8 Å². The monoisotopic (exact) mass is 384 g/mol. The lowest BCUT2D eigenvalue weighted by atomic mass is 9.92. The van der Waals surface area contributed by atoms with Gasteiger partial charge in [-0.15, -0.1) is 0 Å². The van der Waals surface area contributed by atoms with Gasteiger partial charge >= 0.3 is 6.03 Å². The first-order valence-electron chi connectivity index (χ1n) is 9.33. The molecule has 1 saturated carbocycles. The highest BCUT2D eigenvalue weighted by Gasteiger charge is 2.58. The first-order chi connectivity index (χ1) is 13.1. The van der Waals surface area contributed by atoms with Crippen LogP contribution in [0.5, 0.6) is 0 Å². The first-order valence-corrected chi connectivity index (χ1v) is 10.3. The van der Waals surface area contributed by atoms with E-state index in [4.69, 9.17) is 0 Å². The highest BCUT2D eigenvalue weighted by Crippen LogP contribution is 2.57. The maximum atomic E-state index is 12.4. The number of rotatable bonds is 4. The molecule has 6 nitrogen and oxygen atoms in total. The molecule has 2 aromatic rings. The number of pyridine rings is 1. The van der Waals surface area contributed by atoms with Crippen LogP contribution < -0.4 is 5.32 Å². The Kier molecular flexibility index (Phi) is 4.86. The van der Waals surface area contributed by atoms with Crippen molar-refractivity contribution in [2.24, 2.45) is 5.41 Å². The fourth-order valence-electron chi connectivity index (χ4n) is 4.11. The van der Waals surface area contributed by atoms with E-state index in [9.17, 15) is 9.59 Å². The van der Waals surface area contributed by atoms with E-state index < -0.39 is 0 Å². The zero-order valence-corrected chi connectivity index (χ0v) is 16.2. The van der Waals surface area contributed by atoms with Gasteiger partial charge in [0.25, 0.3) is 0 Å². The standard InChI is InChI=1S/C20H24N4O2S/c1-15(25)24(13-16-5-11-27-14-16)17-12-20(17)6-9-23(10-7-20)19(26)22-18-4-2-3-8-21-18/h2-5,8,11,14,17H,6-7,9-10,12-13H2,1H3,(H,21,22,26)/t17-/m1/s1. The van der Waals surface area contributed by atoms with Crippen molar-refractivity contribution in [3.8, 4) is 0 Å². The van der Waals surface area contributed by atoms with Crippen molar-refractivity contribution in [1.29, 1.82) is 0 Å². The molecule has 3 amide bonds. The van der Waals surface area contributed by atoms with E-state index in [0.717, 1.165) is 32.4 Å². The average molecular weight is 385 g/mol. The van der Waals surface area contributed by atoms with Gasteiger partial charge in [-0.2, -0.15) is 11.3 Å². The van der Waals surface area contributed by atoms with Gasteiger partial charge in [-0.3, -0.25) is 10.1 Å². The van der Waals surface area contributed by atoms with Crippen molar-refractivity contribution < 1.29 is 9.59 Å². The van der Waals surface area contributed by atoms with E-state index in [1.54, 1.807) is 30.5 Å². The molecule has 1 saturated heterocycles. The molecule has 1 N–H and O–H groups in total. The van der Waals surface area contributed by atoms with Gasteiger partial charge in [0.15, 0.2) is 0 Å². The van der Waals surface area contributed by atoms with E-state index in [2.05, 4.69) is 27.1 Å². The molecular weight excluding hydrogens is 360 g/mol. The Balaban J connectivity index is 1.33. The van der Waals surface area contributed by atoms with Crippen LogP contribution in [0.25, 0.3) is 0 Å². The highest BCUT2D eigenvalue weighted by molar-refractivity contribution is 7.07. The van der Waals surface area contributed by atoms with E-state index in [-0.39, 0.29) is 17.4 Å². The second-order valence-electron chi connectivity index (χ2n) is 7.49. The number of amides is 3. The number of hydrogen-bond donors (Lipinski definition) is 1. The Bertz CT molecular complexity index is 801. The summed E-state index contributed by atoms with van der Waals surface area (Å²) in [4.78, 5) is 32.7. The van der Waals surface area contributed by atoms with Gasteiger partial charge in [0, 0.05) is 38.8 Å². The molecule has 0 unspecified atom stereocenters. The van der Waals surface area contributed by atoms with Crippen LogP contribution in [0.2, 0.25) is 0 Å². The summed E-state index contributed by atoms with van der Waals surface area (Å²) in [5.74, 6) is 0.712. The van der Waals surface area contributed by atoms with Gasteiger partial charge in [0.1, 0.15) is 5.82 Å². The predicted molar refractivity (Wildman–Crippen MR) is 105 cm³/mol. The third kappa shape index (κ3) is 3.83. The van der Waals surface area contributed by atoms with Crippen LogP contribution in [-0.2, 0) is 11.3 Å². The second kappa shape index (κ2) is 7.31. The summed E-state index contributed by atoms with van der Waals surface area (Å²) in [7, 11) is 0. The van der Waals surface area contributed by atoms with E-state index in [0.29, 0.717) is 18.4 Å². The fourth-order valence-corrected chi connectivity index (χ4v) is 4.76. The van der Waals surface area contributed by atoms with Crippen molar-refractivity contribution >= 4 is 29.1 Å². The molecule has 0 bridgehead atoms. The molecule has 4 rings (SSSR count). The van der Waals surface area contributed by atoms with Crippen LogP contribution in [0.15, 0.2) is 41.2 Å². The van der Waals surface area contributed by atoms with Crippen LogP contribution in [0.4, 0.5) is 10.6 Å². The number of aromatic nitrogens is 1. The summed E-state index contributed by atoms with van der Waals surface area (Å²) in [5, 5.41) is 7.01. The highest BCUT2D eigenvalue weighted by atomic mass is 32.1. The minimum Gasteiger partial charge on any atom is -0.335 e. The SMILES string of the molecule is CC(=O)N(Cc1ccsc1)[C@@H]1CC12CCN(C(=O)Nc1ccccn1)CC2. The average Bonchev–Trinajstić information content (AvgIpc) is 3.10. The molecule has 7 heteroatoms. The summed E-state index contributed by atoms with van der Waals surface area (Å²) in [6, 6.07) is 7.75. The largest absolute Gasteiger partial charge is 0.335 e. The topological polar surface area (TPSA) is 65.5 Å². The van der Waals surface area contributed by atoms with Crippen molar-refractivity contribution in [3.63, 3.8) is 0 Å². The molecule has 3 heterocycles. The number of piperidine rings is 1. The van der Waals surface area contributed by atoms with Crippen LogP contribution in [0, 0.1) is 5.41 Å². The summed E-state index contributed by atoms with van der Waals surface area (Å²) in [5.41, 5.74) is 1.38. The van der Waals surface area contributed by atoms with E-state index in [1.165, 1.54) is 5.56 Å². The van der Waals surface area contributed by atoms with Gasteiger partial charge in [0.2, 0.25) is 5.91 Å². The number of nitrogens with zero attached hydrogens (tertiary/aromatic N) is 3. The molecule has 27 heavy (non-hydrogen) atoms. The van der Waals surface area contributed by atoms with Crippen molar-refractivity contribution in [2.75, 3.05) is 18.4 Å². The molecular formula is C20H24N4O2S. The lowest BCUT2D eigenvalue weighted by Gasteiger charge is -2.34. The third-order valence-electron chi connectivity index (χ3n) is 5.81. The number of anilines is 1. The molecule has 142 valence electrons. The molecule has 2 fully saturated rings. The van der Waals surface area contributed by atoms with Gasteiger partial charge in [-0.1, -0.05) is 6.07 Å². The molecule has 1 aliphatic heterocycles. The number of hydrogen-bond acceptors (Lipinski definition) is 4. The smallest absolute Gasteiger partial charge is 0.323 e. The molecule has 1 spiro atoms. The number of thiophene rings is 1. The molecule has 0 radical (unpaired) electrons. The fraction of sp³-hybridized carbons (Fsp3) is 0.450. The van der Waals surface area contributed by atoms with Gasteiger partial charge in [-0.25, -0.2) is 9.78 Å². The minimum atomic E-state index is -0.0950. The number of nitrogens with one attached hydrogen (secondary N) is 1. The van der Waals surface area contributed by atoms with Gasteiger partial charge in [-0.05, 0) is 59.2 Å². The lowest BCUT2D eigenvalue weighted by Crippen LogP contribution is -2.44. The summed E-state index contributed by atoms with van der Waals surface area (Å²) >= 11 is 1.66. The van der Waals surface area contributed by atoms with Crippen molar-refractivity contribution in [3.05, 3.63) is 46.8 Å². The zero-order valence-electron chi connectivity index (χ0n) is 15.4. The second-order valence-corrected chi connectivity index (χ2v) is 8.27. The first kappa shape index (κ1) is 18.0. The van der Waals surface area contributed by atoms with E-state index >= 15 is 0 Å². The normalized spacial score (nSPS) is 20.3. The summed E-state index contributed by atoms with van der Waals surface area (Å²) in [6.07, 6.45) is 4.60. The summed E-state index contributed by atoms with van der Waals surface area (Å²) in [6.45, 7) is 3.79. The quantitative estimate of drug-likeness (QED) is 0.876. The van der Waals surface area contributed by atoms with Crippen molar-refractivity contribution in [2.45, 2.75) is 38.8 Å².